The second kappa shape index (κ2) is 6.15. The third-order valence-corrected chi connectivity index (χ3v) is 2.91. The van der Waals surface area contributed by atoms with Crippen molar-refractivity contribution in [3.63, 3.8) is 0 Å². The summed E-state index contributed by atoms with van der Waals surface area (Å²) in [6, 6.07) is 6.99. The monoisotopic (exact) mass is 301 g/mol. The SMILES string of the molecule is OC(CNc1cc(F)cc(Cl)c1)c1ccc(F)c(F)c1. The topological polar surface area (TPSA) is 32.3 Å². The third-order valence-electron chi connectivity index (χ3n) is 2.69. The number of nitrogens with one attached hydrogen (secondary N) is 1. The number of aliphatic hydroxyl groups excluding tert-OH is 1. The molecule has 0 radical (unpaired) electrons. The number of hydrogen-bond acceptors (Lipinski definition) is 2. The van der Waals surface area contributed by atoms with Crippen LogP contribution in [0.3, 0.4) is 0 Å². The van der Waals surface area contributed by atoms with E-state index in [-0.39, 0.29) is 17.1 Å². The zero-order chi connectivity index (χ0) is 14.7. The fourth-order valence-corrected chi connectivity index (χ4v) is 1.93. The molecule has 20 heavy (non-hydrogen) atoms. The van der Waals surface area contributed by atoms with Crippen molar-refractivity contribution in [2.24, 2.45) is 0 Å². The van der Waals surface area contributed by atoms with E-state index in [2.05, 4.69) is 5.32 Å². The second-order valence-electron chi connectivity index (χ2n) is 4.23. The lowest BCUT2D eigenvalue weighted by Gasteiger charge is -2.13. The Labute approximate surface area is 118 Å². The molecule has 0 aliphatic heterocycles. The van der Waals surface area contributed by atoms with E-state index in [1.807, 2.05) is 0 Å². The van der Waals surface area contributed by atoms with Gasteiger partial charge in [-0.1, -0.05) is 17.7 Å². The van der Waals surface area contributed by atoms with Gasteiger partial charge >= 0.3 is 0 Å². The van der Waals surface area contributed by atoms with Gasteiger partial charge in [0.05, 0.1) is 6.10 Å². The Bertz CT molecular complexity index is 601. The van der Waals surface area contributed by atoms with E-state index >= 15 is 0 Å². The highest BCUT2D eigenvalue weighted by atomic mass is 35.5. The Hall–Kier alpha value is -1.72. The highest BCUT2D eigenvalue weighted by Gasteiger charge is 2.11. The molecular weight excluding hydrogens is 291 g/mol. The van der Waals surface area contributed by atoms with E-state index in [4.69, 9.17) is 11.6 Å². The van der Waals surface area contributed by atoms with Gasteiger partial charge in [-0.3, -0.25) is 0 Å². The summed E-state index contributed by atoms with van der Waals surface area (Å²) in [5.74, 6) is -2.52. The Kier molecular flexibility index (Phi) is 4.52. The van der Waals surface area contributed by atoms with Crippen LogP contribution in [-0.2, 0) is 0 Å². The van der Waals surface area contributed by atoms with Gasteiger partial charge < -0.3 is 10.4 Å². The van der Waals surface area contributed by atoms with Crippen molar-refractivity contribution in [2.45, 2.75) is 6.10 Å². The first-order chi connectivity index (χ1) is 9.45. The molecule has 0 aromatic heterocycles. The molecule has 0 fully saturated rings. The second-order valence-corrected chi connectivity index (χ2v) is 4.66. The lowest BCUT2D eigenvalue weighted by Crippen LogP contribution is -2.12. The average Bonchev–Trinajstić information content (AvgIpc) is 2.38. The van der Waals surface area contributed by atoms with Crippen molar-refractivity contribution in [1.29, 1.82) is 0 Å². The summed E-state index contributed by atoms with van der Waals surface area (Å²) >= 11 is 5.69. The van der Waals surface area contributed by atoms with Gasteiger partial charge in [0.15, 0.2) is 11.6 Å². The molecule has 0 aliphatic carbocycles. The molecular formula is C14H11ClF3NO. The van der Waals surface area contributed by atoms with E-state index < -0.39 is 23.6 Å². The average molecular weight is 302 g/mol. The molecule has 6 heteroatoms. The van der Waals surface area contributed by atoms with Crippen LogP contribution in [0.15, 0.2) is 36.4 Å². The van der Waals surface area contributed by atoms with Crippen molar-refractivity contribution in [2.75, 3.05) is 11.9 Å². The maximum atomic E-state index is 13.1. The van der Waals surface area contributed by atoms with Crippen LogP contribution < -0.4 is 5.32 Å². The summed E-state index contributed by atoms with van der Waals surface area (Å²) < 4.78 is 38.9. The van der Waals surface area contributed by atoms with Gasteiger partial charge in [0, 0.05) is 17.3 Å². The molecule has 2 N–H and O–H groups in total. The van der Waals surface area contributed by atoms with E-state index in [0.29, 0.717) is 5.69 Å². The van der Waals surface area contributed by atoms with E-state index in [9.17, 15) is 18.3 Å². The highest BCUT2D eigenvalue weighted by molar-refractivity contribution is 6.30. The molecule has 0 heterocycles. The Morgan fingerprint density at radius 2 is 1.80 bits per heavy atom. The van der Waals surface area contributed by atoms with Gasteiger partial charge in [-0.25, -0.2) is 13.2 Å². The van der Waals surface area contributed by atoms with Crippen LogP contribution in [-0.4, -0.2) is 11.7 Å². The molecule has 106 valence electrons. The Morgan fingerprint density at radius 1 is 1.05 bits per heavy atom. The molecule has 2 nitrogen and oxygen atoms in total. The fourth-order valence-electron chi connectivity index (χ4n) is 1.71. The van der Waals surface area contributed by atoms with Gasteiger partial charge in [-0.15, -0.1) is 0 Å². The Morgan fingerprint density at radius 3 is 2.45 bits per heavy atom. The Balaban J connectivity index is 2.04. The summed E-state index contributed by atoms with van der Waals surface area (Å²) in [7, 11) is 0. The summed E-state index contributed by atoms with van der Waals surface area (Å²) in [5, 5.41) is 12.8. The molecule has 1 unspecified atom stereocenters. The number of halogens is 4. The lowest BCUT2D eigenvalue weighted by molar-refractivity contribution is 0.191. The molecule has 1 atom stereocenters. The van der Waals surface area contributed by atoms with Crippen molar-refractivity contribution in [3.05, 3.63) is 64.4 Å². The highest BCUT2D eigenvalue weighted by Crippen LogP contribution is 2.20. The van der Waals surface area contributed by atoms with Crippen molar-refractivity contribution >= 4 is 17.3 Å². The summed E-state index contributed by atoms with van der Waals surface area (Å²) in [6.45, 7) is 0.00482. The number of anilines is 1. The summed E-state index contributed by atoms with van der Waals surface area (Å²) in [6.07, 6.45) is -1.06. The van der Waals surface area contributed by atoms with E-state index in [1.165, 1.54) is 18.2 Å². The van der Waals surface area contributed by atoms with Crippen LogP contribution in [0.5, 0.6) is 0 Å². The number of rotatable bonds is 4. The van der Waals surface area contributed by atoms with Crippen molar-refractivity contribution in [1.82, 2.24) is 0 Å². The fraction of sp³-hybridized carbons (Fsp3) is 0.143. The molecule has 0 aliphatic rings. The third kappa shape index (κ3) is 3.65. The van der Waals surface area contributed by atoms with Gasteiger partial charge in [-0.2, -0.15) is 0 Å². The maximum Gasteiger partial charge on any atom is 0.159 e. The summed E-state index contributed by atoms with van der Waals surface area (Å²) in [4.78, 5) is 0. The minimum absolute atomic E-state index is 0.00482. The molecule has 0 saturated heterocycles. The molecule has 2 aromatic carbocycles. The molecule has 0 spiro atoms. The summed E-state index contributed by atoms with van der Waals surface area (Å²) in [5.41, 5.74) is 0.607. The van der Waals surface area contributed by atoms with E-state index in [1.54, 1.807) is 0 Å². The van der Waals surface area contributed by atoms with Gasteiger partial charge in [0.1, 0.15) is 5.82 Å². The first-order valence-corrected chi connectivity index (χ1v) is 6.16. The zero-order valence-corrected chi connectivity index (χ0v) is 11.0. The molecule has 0 saturated carbocycles. The van der Waals surface area contributed by atoms with Crippen LogP contribution >= 0.6 is 11.6 Å². The molecule has 2 rings (SSSR count). The lowest BCUT2D eigenvalue weighted by atomic mass is 10.1. The van der Waals surface area contributed by atoms with Crippen molar-refractivity contribution in [3.8, 4) is 0 Å². The quantitative estimate of drug-likeness (QED) is 0.897. The van der Waals surface area contributed by atoms with Crippen LogP contribution in [0.1, 0.15) is 11.7 Å². The van der Waals surface area contributed by atoms with Gasteiger partial charge in [-0.05, 0) is 35.9 Å². The number of aliphatic hydroxyl groups is 1. The molecule has 0 bridgehead atoms. The standard InChI is InChI=1S/C14H11ClF3NO/c15-9-4-10(16)6-11(5-9)19-7-14(20)8-1-2-12(17)13(18)3-8/h1-6,14,19-20H,7H2. The normalized spacial score (nSPS) is 12.2. The van der Waals surface area contributed by atoms with Gasteiger partial charge in [0.25, 0.3) is 0 Å². The molecule has 0 amide bonds. The van der Waals surface area contributed by atoms with Crippen LogP contribution in [0.25, 0.3) is 0 Å². The minimum atomic E-state index is -1.06. The maximum absolute atomic E-state index is 13.1. The first-order valence-electron chi connectivity index (χ1n) is 5.78. The largest absolute Gasteiger partial charge is 0.387 e. The van der Waals surface area contributed by atoms with Crippen molar-refractivity contribution < 1.29 is 18.3 Å². The van der Waals surface area contributed by atoms with Gasteiger partial charge in [0.2, 0.25) is 0 Å². The van der Waals surface area contributed by atoms with Crippen LogP contribution in [0, 0.1) is 17.5 Å². The number of hydrogen-bond donors (Lipinski definition) is 2. The molecule has 2 aromatic rings. The predicted molar refractivity (Wildman–Crippen MR) is 71.2 cm³/mol. The smallest absolute Gasteiger partial charge is 0.159 e. The number of benzene rings is 2. The van der Waals surface area contributed by atoms with Crippen LogP contribution in [0.2, 0.25) is 5.02 Å². The van der Waals surface area contributed by atoms with E-state index in [0.717, 1.165) is 18.2 Å². The first kappa shape index (κ1) is 14.7. The minimum Gasteiger partial charge on any atom is -0.387 e. The van der Waals surface area contributed by atoms with Crippen LogP contribution in [0.4, 0.5) is 18.9 Å². The predicted octanol–water partition coefficient (Wildman–Crippen LogP) is 3.90. The zero-order valence-electron chi connectivity index (χ0n) is 10.2.